The molecule has 0 atom stereocenters. The van der Waals surface area contributed by atoms with Crippen LogP contribution in [0.3, 0.4) is 0 Å². The number of nitrogens with one attached hydrogen (secondary N) is 1. The van der Waals surface area contributed by atoms with Crippen molar-refractivity contribution in [3.8, 4) is 0 Å². The Hall–Kier alpha value is -1.62. The quantitative estimate of drug-likeness (QED) is 0.851. The van der Waals surface area contributed by atoms with Crippen LogP contribution < -0.4 is 5.32 Å². The van der Waals surface area contributed by atoms with Gasteiger partial charge in [0, 0.05) is 10.6 Å². The number of amides is 1. The predicted molar refractivity (Wildman–Crippen MR) is 74.2 cm³/mol. The number of hydrogen-bond acceptors (Lipinski definition) is 3. The molecule has 1 aromatic carbocycles. The number of carbonyl (C=O) groups excluding carboxylic acids is 2. The van der Waals surface area contributed by atoms with E-state index in [-0.39, 0.29) is 16.1 Å². The minimum atomic E-state index is -0.922. The minimum Gasteiger partial charge on any atom is -0.452 e. The van der Waals surface area contributed by atoms with Crippen LogP contribution >= 0.6 is 11.6 Å². The Balaban J connectivity index is 2.60. The summed E-state index contributed by atoms with van der Waals surface area (Å²) in [7, 11) is 0. The van der Waals surface area contributed by atoms with Gasteiger partial charge < -0.3 is 10.1 Å². The van der Waals surface area contributed by atoms with E-state index in [0.717, 1.165) is 18.6 Å². The van der Waals surface area contributed by atoms with Gasteiger partial charge in [-0.3, -0.25) is 4.79 Å². The van der Waals surface area contributed by atoms with Crippen molar-refractivity contribution in [1.29, 1.82) is 0 Å². The van der Waals surface area contributed by atoms with E-state index >= 15 is 0 Å². The van der Waals surface area contributed by atoms with Crippen LogP contribution in [0.5, 0.6) is 0 Å². The van der Waals surface area contributed by atoms with Gasteiger partial charge in [0.1, 0.15) is 5.82 Å². The lowest BCUT2D eigenvalue weighted by molar-refractivity contribution is -0.125. The zero-order chi connectivity index (χ0) is 15.3. The molecule has 4 nitrogen and oxygen atoms in total. The van der Waals surface area contributed by atoms with Gasteiger partial charge in [0.15, 0.2) is 6.61 Å². The first-order valence-corrected chi connectivity index (χ1v) is 6.56. The van der Waals surface area contributed by atoms with E-state index in [1.54, 1.807) is 0 Å². The Labute approximate surface area is 122 Å². The van der Waals surface area contributed by atoms with Crippen molar-refractivity contribution in [2.75, 3.05) is 6.61 Å². The van der Waals surface area contributed by atoms with E-state index < -0.39 is 24.3 Å². The Kier molecular flexibility index (Phi) is 5.51. The molecule has 0 aromatic heterocycles. The topological polar surface area (TPSA) is 55.4 Å². The smallest absolute Gasteiger partial charge is 0.341 e. The molecule has 0 fully saturated rings. The molecule has 0 heterocycles. The zero-order valence-corrected chi connectivity index (χ0v) is 12.4. The summed E-state index contributed by atoms with van der Waals surface area (Å²) in [6.07, 6.45) is 0.732. The molecule has 0 saturated heterocycles. The van der Waals surface area contributed by atoms with Crippen molar-refractivity contribution in [2.45, 2.75) is 32.7 Å². The number of ether oxygens (including phenoxy) is 1. The number of rotatable bonds is 5. The van der Waals surface area contributed by atoms with Gasteiger partial charge in [0.25, 0.3) is 5.91 Å². The van der Waals surface area contributed by atoms with Gasteiger partial charge in [-0.15, -0.1) is 0 Å². The summed E-state index contributed by atoms with van der Waals surface area (Å²) in [4.78, 5) is 23.3. The number of hydrogen-bond donors (Lipinski definition) is 1. The Bertz CT molecular complexity index is 517. The second-order valence-corrected chi connectivity index (χ2v) is 5.42. The molecule has 6 heteroatoms. The van der Waals surface area contributed by atoms with Crippen LogP contribution in [0.4, 0.5) is 4.39 Å². The molecule has 1 amide bonds. The second kappa shape index (κ2) is 6.70. The summed E-state index contributed by atoms with van der Waals surface area (Å²) < 4.78 is 18.2. The maximum atomic E-state index is 13.4. The lowest BCUT2D eigenvalue weighted by Gasteiger charge is -2.24. The number of carbonyl (C=O) groups is 2. The van der Waals surface area contributed by atoms with E-state index in [1.165, 1.54) is 6.07 Å². The van der Waals surface area contributed by atoms with E-state index in [0.29, 0.717) is 0 Å². The third kappa shape index (κ3) is 4.81. The van der Waals surface area contributed by atoms with Crippen LogP contribution in [-0.4, -0.2) is 24.0 Å². The normalized spacial score (nSPS) is 11.1. The lowest BCUT2D eigenvalue weighted by Crippen LogP contribution is -2.44. The average molecular weight is 302 g/mol. The average Bonchev–Trinajstić information content (AvgIpc) is 2.38. The maximum absolute atomic E-state index is 13.4. The summed E-state index contributed by atoms with van der Waals surface area (Å²) >= 11 is 5.68. The third-order valence-corrected chi connectivity index (χ3v) is 3.08. The van der Waals surface area contributed by atoms with Crippen LogP contribution in [0.1, 0.15) is 37.6 Å². The predicted octanol–water partition coefficient (Wildman–Crippen LogP) is 2.94. The highest BCUT2D eigenvalue weighted by molar-refractivity contribution is 6.30. The van der Waals surface area contributed by atoms with Crippen LogP contribution in [0.25, 0.3) is 0 Å². The molecular formula is C14H17ClFNO3. The first-order valence-electron chi connectivity index (χ1n) is 6.18. The molecule has 0 aliphatic carbocycles. The van der Waals surface area contributed by atoms with Crippen molar-refractivity contribution >= 4 is 23.5 Å². The van der Waals surface area contributed by atoms with Crippen molar-refractivity contribution in [3.63, 3.8) is 0 Å². The fourth-order valence-corrected chi connectivity index (χ4v) is 1.54. The van der Waals surface area contributed by atoms with Gasteiger partial charge in [-0.05, 0) is 38.5 Å². The summed E-state index contributed by atoms with van der Waals surface area (Å²) in [5, 5.41) is 2.92. The largest absolute Gasteiger partial charge is 0.452 e. The molecule has 1 N–H and O–H groups in total. The molecule has 0 bridgehead atoms. The lowest BCUT2D eigenvalue weighted by atomic mass is 10.0. The van der Waals surface area contributed by atoms with E-state index in [2.05, 4.69) is 5.32 Å². The van der Waals surface area contributed by atoms with Crippen molar-refractivity contribution in [1.82, 2.24) is 5.32 Å². The highest BCUT2D eigenvalue weighted by Crippen LogP contribution is 2.15. The fourth-order valence-electron chi connectivity index (χ4n) is 1.36. The Morgan fingerprint density at radius 2 is 2.05 bits per heavy atom. The molecule has 1 rings (SSSR count). The van der Waals surface area contributed by atoms with Crippen LogP contribution in [-0.2, 0) is 9.53 Å². The van der Waals surface area contributed by atoms with E-state index in [9.17, 15) is 14.0 Å². The minimum absolute atomic E-state index is 0.218. The number of halogens is 2. The van der Waals surface area contributed by atoms with Gasteiger partial charge in [-0.1, -0.05) is 18.5 Å². The molecule has 110 valence electrons. The third-order valence-electron chi connectivity index (χ3n) is 2.84. The number of benzene rings is 1. The molecule has 0 aliphatic rings. The Morgan fingerprint density at radius 3 is 2.65 bits per heavy atom. The highest BCUT2D eigenvalue weighted by atomic mass is 35.5. The summed E-state index contributed by atoms with van der Waals surface area (Å²) in [5.41, 5.74) is -0.676. The highest BCUT2D eigenvalue weighted by Gasteiger charge is 2.20. The zero-order valence-electron chi connectivity index (χ0n) is 11.6. The number of esters is 1. The van der Waals surface area contributed by atoms with Crippen molar-refractivity contribution in [3.05, 3.63) is 34.6 Å². The standard InChI is InChI=1S/C14H17ClFNO3/c1-4-14(2,3)17-12(18)8-20-13(19)10-7-9(15)5-6-11(10)16/h5-7H,4,8H2,1-3H3,(H,17,18). The first-order chi connectivity index (χ1) is 9.25. The maximum Gasteiger partial charge on any atom is 0.341 e. The summed E-state index contributed by atoms with van der Waals surface area (Å²) in [6.45, 7) is 5.16. The van der Waals surface area contributed by atoms with Crippen LogP contribution in [0, 0.1) is 5.82 Å². The Morgan fingerprint density at radius 1 is 1.40 bits per heavy atom. The molecule has 0 aliphatic heterocycles. The van der Waals surface area contributed by atoms with E-state index in [1.807, 2.05) is 20.8 Å². The fraction of sp³-hybridized carbons (Fsp3) is 0.429. The molecule has 0 radical (unpaired) electrons. The SMILES string of the molecule is CCC(C)(C)NC(=O)COC(=O)c1cc(Cl)ccc1F. The van der Waals surface area contributed by atoms with Gasteiger partial charge in [-0.2, -0.15) is 0 Å². The summed E-state index contributed by atoms with van der Waals surface area (Å²) in [6, 6.07) is 3.55. The van der Waals surface area contributed by atoms with Crippen LogP contribution in [0.15, 0.2) is 18.2 Å². The van der Waals surface area contributed by atoms with Gasteiger partial charge >= 0.3 is 5.97 Å². The molecule has 20 heavy (non-hydrogen) atoms. The molecular weight excluding hydrogens is 285 g/mol. The van der Waals surface area contributed by atoms with E-state index in [4.69, 9.17) is 16.3 Å². The monoisotopic (exact) mass is 301 g/mol. The molecule has 1 aromatic rings. The summed E-state index contributed by atoms with van der Waals surface area (Å²) in [5.74, 6) is -2.10. The van der Waals surface area contributed by atoms with Gasteiger partial charge in [0.05, 0.1) is 5.56 Å². The molecule has 0 unspecified atom stereocenters. The molecule has 0 saturated carbocycles. The van der Waals surface area contributed by atoms with Crippen LogP contribution in [0.2, 0.25) is 5.02 Å². The first kappa shape index (κ1) is 16.4. The van der Waals surface area contributed by atoms with Crippen molar-refractivity contribution in [2.24, 2.45) is 0 Å². The second-order valence-electron chi connectivity index (χ2n) is 4.99. The van der Waals surface area contributed by atoms with Gasteiger partial charge in [0.2, 0.25) is 0 Å². The molecule has 0 spiro atoms. The van der Waals surface area contributed by atoms with Gasteiger partial charge in [-0.25, -0.2) is 9.18 Å². The van der Waals surface area contributed by atoms with Crippen molar-refractivity contribution < 1.29 is 18.7 Å².